The molecule has 2 aromatic rings. The molecule has 0 unspecified atom stereocenters. The fourth-order valence-corrected chi connectivity index (χ4v) is 5.08. The van der Waals surface area contributed by atoms with Crippen molar-refractivity contribution in [2.45, 2.75) is 52.2 Å². The summed E-state index contributed by atoms with van der Waals surface area (Å²) in [6, 6.07) is 10.4. The van der Waals surface area contributed by atoms with Crippen LogP contribution in [-0.4, -0.2) is 49.5 Å². The van der Waals surface area contributed by atoms with Crippen molar-refractivity contribution in [1.29, 1.82) is 0 Å². The quantitative estimate of drug-likeness (QED) is 0.459. The minimum absolute atomic E-state index is 0.0144. The van der Waals surface area contributed by atoms with Gasteiger partial charge in [-0.3, -0.25) is 13.9 Å². The minimum atomic E-state index is -3.91. The zero-order chi connectivity index (χ0) is 26.6. The van der Waals surface area contributed by atoms with E-state index >= 15 is 0 Å². The first kappa shape index (κ1) is 29.2. The highest BCUT2D eigenvalue weighted by molar-refractivity contribution is 7.92. The number of hydrogen-bond acceptors (Lipinski definition) is 4. The smallest absolute Gasteiger partial charge is 0.244 e. The average Bonchev–Trinajstić information content (AvgIpc) is 2.71. The lowest BCUT2D eigenvalue weighted by atomic mass is 10.1. The summed E-state index contributed by atoms with van der Waals surface area (Å²) in [5.41, 5.74) is 0.205. The Morgan fingerprint density at radius 3 is 2.17 bits per heavy atom. The monoisotopic (exact) mass is 561 g/mol. The van der Waals surface area contributed by atoms with Crippen LogP contribution in [0.3, 0.4) is 0 Å². The van der Waals surface area contributed by atoms with Crippen molar-refractivity contribution in [3.8, 4) is 0 Å². The van der Waals surface area contributed by atoms with Gasteiger partial charge in [-0.25, -0.2) is 8.42 Å². The molecule has 11 heteroatoms. The molecule has 0 aromatic heterocycles. The maximum Gasteiger partial charge on any atom is 0.244 e. The molecule has 2 amide bonds. The second kappa shape index (κ2) is 11.8. The molecule has 2 aromatic carbocycles. The van der Waals surface area contributed by atoms with Crippen molar-refractivity contribution >= 4 is 62.3 Å². The summed E-state index contributed by atoms with van der Waals surface area (Å²) in [6.45, 7) is 6.75. The highest BCUT2D eigenvalue weighted by Crippen LogP contribution is 2.31. The Morgan fingerprint density at radius 2 is 1.66 bits per heavy atom. The number of anilines is 1. The van der Waals surface area contributed by atoms with Gasteiger partial charge in [-0.15, -0.1) is 0 Å². The van der Waals surface area contributed by atoms with Crippen molar-refractivity contribution < 1.29 is 18.0 Å². The van der Waals surface area contributed by atoms with E-state index in [1.54, 1.807) is 31.2 Å². The molecule has 0 saturated carbocycles. The van der Waals surface area contributed by atoms with Gasteiger partial charge in [0.1, 0.15) is 12.6 Å². The number of sulfonamides is 1. The van der Waals surface area contributed by atoms with Gasteiger partial charge in [0.25, 0.3) is 0 Å². The van der Waals surface area contributed by atoms with Gasteiger partial charge < -0.3 is 10.2 Å². The summed E-state index contributed by atoms with van der Waals surface area (Å²) in [7, 11) is -3.91. The van der Waals surface area contributed by atoms with Crippen LogP contribution in [0.4, 0.5) is 5.69 Å². The zero-order valence-corrected chi connectivity index (χ0v) is 23.4. The third-order valence-corrected chi connectivity index (χ3v) is 7.07. The minimum Gasteiger partial charge on any atom is -0.350 e. The fraction of sp³-hybridized carbons (Fsp3) is 0.417. The Bertz CT molecular complexity index is 1180. The number of amides is 2. The molecule has 0 aliphatic carbocycles. The number of carbonyl (C=O) groups is 2. The van der Waals surface area contributed by atoms with E-state index in [0.717, 1.165) is 10.6 Å². The molecule has 1 atom stereocenters. The van der Waals surface area contributed by atoms with E-state index in [-0.39, 0.29) is 23.2 Å². The highest BCUT2D eigenvalue weighted by Gasteiger charge is 2.33. The summed E-state index contributed by atoms with van der Waals surface area (Å²) in [6.07, 6.45) is 1.28. The molecule has 0 aliphatic rings. The van der Waals surface area contributed by atoms with Crippen LogP contribution in [0.1, 0.15) is 39.7 Å². The van der Waals surface area contributed by atoms with Gasteiger partial charge in [0.05, 0.1) is 17.0 Å². The van der Waals surface area contributed by atoms with Crippen LogP contribution in [0.25, 0.3) is 0 Å². The number of halogens is 3. The van der Waals surface area contributed by atoms with Crippen LogP contribution < -0.4 is 9.62 Å². The van der Waals surface area contributed by atoms with E-state index in [4.69, 9.17) is 34.8 Å². The lowest BCUT2D eigenvalue weighted by Gasteiger charge is -2.34. The normalized spacial score (nSPS) is 12.7. The lowest BCUT2D eigenvalue weighted by Crippen LogP contribution is -2.55. The van der Waals surface area contributed by atoms with Gasteiger partial charge in [0.2, 0.25) is 21.8 Å². The van der Waals surface area contributed by atoms with Crippen LogP contribution in [-0.2, 0) is 26.2 Å². The standard InChI is InChI=1S/C24H30Cl3N3O4S/c1-6-20(23(32)28-24(2,3)4)29(14-16-9-7-8-10-18(16)26)22(31)15-30(35(5,33)34)21-12-11-17(25)13-19(21)27/h7-13,20H,6,14-15H2,1-5H3,(H,28,32)/t20-/m1/s1. The molecule has 192 valence electrons. The Morgan fingerprint density at radius 1 is 1.03 bits per heavy atom. The van der Waals surface area contributed by atoms with Crippen LogP contribution in [0.15, 0.2) is 42.5 Å². The molecule has 0 saturated heterocycles. The number of benzene rings is 2. The second-order valence-corrected chi connectivity index (χ2v) is 12.3. The molecule has 7 nitrogen and oxygen atoms in total. The summed E-state index contributed by atoms with van der Waals surface area (Å²) in [5.74, 6) is -0.937. The predicted octanol–water partition coefficient (Wildman–Crippen LogP) is 5.13. The number of nitrogens with zero attached hydrogens (tertiary/aromatic N) is 2. The van der Waals surface area contributed by atoms with Crippen LogP contribution in [0.5, 0.6) is 0 Å². The molecule has 0 fully saturated rings. The molecule has 0 spiro atoms. The van der Waals surface area contributed by atoms with Crippen LogP contribution in [0.2, 0.25) is 15.1 Å². The van der Waals surface area contributed by atoms with Crippen molar-refractivity contribution in [1.82, 2.24) is 10.2 Å². The van der Waals surface area contributed by atoms with E-state index in [1.165, 1.54) is 23.1 Å². The lowest BCUT2D eigenvalue weighted by molar-refractivity contribution is -0.141. The van der Waals surface area contributed by atoms with Crippen molar-refractivity contribution in [2.24, 2.45) is 0 Å². The van der Waals surface area contributed by atoms with Crippen molar-refractivity contribution in [3.63, 3.8) is 0 Å². The number of hydrogen-bond donors (Lipinski definition) is 1. The number of carbonyl (C=O) groups excluding carboxylic acids is 2. The molecule has 0 heterocycles. The predicted molar refractivity (Wildman–Crippen MR) is 143 cm³/mol. The second-order valence-electron chi connectivity index (χ2n) is 9.14. The first-order valence-corrected chi connectivity index (χ1v) is 13.9. The zero-order valence-electron chi connectivity index (χ0n) is 20.3. The highest BCUT2D eigenvalue weighted by atomic mass is 35.5. The Kier molecular flexibility index (Phi) is 9.87. The van der Waals surface area contributed by atoms with Gasteiger partial charge in [-0.05, 0) is 57.0 Å². The Balaban J connectivity index is 2.51. The summed E-state index contributed by atoms with van der Waals surface area (Å²) in [4.78, 5) is 28.2. The van der Waals surface area contributed by atoms with Gasteiger partial charge in [-0.2, -0.15) is 0 Å². The Labute approximate surface area is 222 Å². The summed E-state index contributed by atoms with van der Waals surface area (Å²) in [5, 5.41) is 3.73. The van der Waals surface area contributed by atoms with E-state index < -0.39 is 34.1 Å². The average molecular weight is 563 g/mol. The first-order valence-electron chi connectivity index (χ1n) is 10.9. The number of rotatable bonds is 9. The number of nitrogens with one attached hydrogen (secondary N) is 1. The maximum atomic E-state index is 13.7. The molecule has 1 N–H and O–H groups in total. The van der Waals surface area contributed by atoms with Gasteiger partial charge in [0.15, 0.2) is 0 Å². The van der Waals surface area contributed by atoms with E-state index in [9.17, 15) is 18.0 Å². The molecule has 2 rings (SSSR count). The maximum absolute atomic E-state index is 13.7. The van der Waals surface area contributed by atoms with E-state index in [2.05, 4.69) is 5.32 Å². The third kappa shape index (κ3) is 8.27. The fourth-order valence-electron chi connectivity index (χ4n) is 3.46. The largest absolute Gasteiger partial charge is 0.350 e. The van der Waals surface area contributed by atoms with Gasteiger partial charge >= 0.3 is 0 Å². The summed E-state index contributed by atoms with van der Waals surface area (Å²) < 4.78 is 26.2. The molecule has 35 heavy (non-hydrogen) atoms. The molecule has 0 radical (unpaired) electrons. The van der Waals surface area contributed by atoms with E-state index in [1.807, 2.05) is 20.8 Å². The molecular weight excluding hydrogens is 533 g/mol. The van der Waals surface area contributed by atoms with E-state index in [0.29, 0.717) is 22.0 Å². The summed E-state index contributed by atoms with van der Waals surface area (Å²) >= 11 is 18.6. The first-order chi connectivity index (χ1) is 16.1. The molecule has 0 bridgehead atoms. The SMILES string of the molecule is CC[C@H](C(=O)NC(C)(C)C)N(Cc1ccccc1Cl)C(=O)CN(c1ccc(Cl)cc1Cl)S(C)(=O)=O. The van der Waals surface area contributed by atoms with Gasteiger partial charge in [0, 0.05) is 22.1 Å². The Hall–Kier alpha value is -2.00. The molecular formula is C24H30Cl3N3O4S. The van der Waals surface area contributed by atoms with Crippen LogP contribution in [0, 0.1) is 0 Å². The topological polar surface area (TPSA) is 86.8 Å². The van der Waals surface area contributed by atoms with Crippen molar-refractivity contribution in [3.05, 3.63) is 63.1 Å². The third-order valence-electron chi connectivity index (χ3n) is 5.04. The van der Waals surface area contributed by atoms with Crippen LogP contribution >= 0.6 is 34.8 Å². The molecule has 0 aliphatic heterocycles. The van der Waals surface area contributed by atoms with Gasteiger partial charge in [-0.1, -0.05) is 59.9 Å². The van der Waals surface area contributed by atoms with Crippen molar-refractivity contribution in [2.75, 3.05) is 17.1 Å².